The molecule has 9 aromatic rings. The molecule has 6 aromatic carbocycles. The molecule has 0 bridgehead atoms. The van der Waals surface area contributed by atoms with E-state index in [4.69, 9.17) is 4.98 Å². The van der Waals surface area contributed by atoms with Crippen LogP contribution in [0.5, 0.6) is 0 Å². The molecule has 9 rings (SSSR count). The first kappa shape index (κ1) is 39.7. The fourth-order valence-electron chi connectivity index (χ4n) is 7.27. The van der Waals surface area contributed by atoms with Crippen molar-refractivity contribution < 1.29 is 21.5 Å². The molecule has 57 heavy (non-hydrogen) atoms. The van der Waals surface area contributed by atoms with Crippen molar-refractivity contribution in [2.45, 2.75) is 40.4 Å². The van der Waals surface area contributed by atoms with Gasteiger partial charge < -0.3 is 0 Å². The second-order valence-corrected chi connectivity index (χ2v) is 38.6. The van der Waals surface area contributed by atoms with Gasteiger partial charge in [0.1, 0.15) is 0 Å². The summed E-state index contributed by atoms with van der Waals surface area (Å²) in [7, 11) is 0. The number of hydrogen-bond donors (Lipinski definition) is 0. The standard InChI is InChI=1S/C37H30GeNS.C14H16GeN.Ir/c1-38(2,3)32-20-19-30(37-36(32)31-15-9-10-16-34(31)40-37)33-24-29(21-22-39-33)35(26-12-5-4-6-13-26)28-18-17-25-11-7-8-14-27(25)23-28;1-15(2,3)13-9-10-14(16-11-13)12-7-5-4-6-8-12;/h4-18,20-24,35H,1-3H3;4-7,9-11H,1-3H3;/q2*-1;/i35D;;. The average Bonchev–Trinajstić information content (AvgIpc) is 3.63. The predicted molar refractivity (Wildman–Crippen MR) is 247 cm³/mol. The molecule has 1 radical (unpaired) electrons. The number of hydrogen-bond acceptors (Lipinski definition) is 3. The second kappa shape index (κ2) is 17.4. The van der Waals surface area contributed by atoms with E-state index in [9.17, 15) is 1.37 Å². The van der Waals surface area contributed by atoms with Crippen molar-refractivity contribution in [3.8, 4) is 22.5 Å². The van der Waals surface area contributed by atoms with Crippen molar-refractivity contribution in [1.82, 2.24) is 9.97 Å². The summed E-state index contributed by atoms with van der Waals surface area (Å²) < 4.78 is 15.6. The average molecular weight is 1060 g/mol. The molecule has 285 valence electrons. The van der Waals surface area contributed by atoms with E-state index in [1.54, 1.807) is 0 Å². The minimum atomic E-state index is -2.19. The third-order valence-electron chi connectivity index (χ3n) is 10.3. The zero-order valence-electron chi connectivity index (χ0n) is 34.2. The van der Waals surface area contributed by atoms with Gasteiger partial charge in [-0.3, -0.25) is 0 Å². The summed E-state index contributed by atoms with van der Waals surface area (Å²) in [6.07, 6.45) is 3.90. The monoisotopic (exact) mass is 1060 g/mol. The Balaban J connectivity index is 0.000000254. The van der Waals surface area contributed by atoms with Crippen LogP contribution in [0.3, 0.4) is 0 Å². The molecule has 0 saturated carbocycles. The Morgan fingerprint density at radius 2 is 1.33 bits per heavy atom. The van der Waals surface area contributed by atoms with E-state index >= 15 is 0 Å². The maximum Gasteiger partial charge on any atom is 0 e. The van der Waals surface area contributed by atoms with Gasteiger partial charge in [0.25, 0.3) is 0 Å². The smallest absolute Gasteiger partial charge is 0 e. The Morgan fingerprint density at radius 3 is 2.05 bits per heavy atom. The summed E-state index contributed by atoms with van der Waals surface area (Å²) in [5, 5.41) is 5.00. The molecule has 0 aliphatic heterocycles. The summed E-state index contributed by atoms with van der Waals surface area (Å²) >= 11 is -2.07. The molecule has 3 heterocycles. The molecule has 0 fully saturated rings. The first-order valence-corrected chi connectivity index (χ1v) is 34.7. The Hall–Kier alpha value is -4.16. The van der Waals surface area contributed by atoms with Gasteiger partial charge in [-0.15, -0.1) is 0 Å². The van der Waals surface area contributed by atoms with Gasteiger partial charge in [-0.05, 0) is 0 Å². The first-order chi connectivity index (χ1) is 27.4. The number of rotatable bonds is 7. The van der Waals surface area contributed by atoms with Crippen LogP contribution < -0.4 is 8.79 Å². The van der Waals surface area contributed by atoms with Gasteiger partial charge in [-0.25, -0.2) is 0 Å². The number of nitrogens with zero attached hydrogens (tertiary/aromatic N) is 2. The van der Waals surface area contributed by atoms with E-state index in [1.165, 1.54) is 34.4 Å². The van der Waals surface area contributed by atoms with Crippen molar-refractivity contribution in [3.63, 3.8) is 0 Å². The number of thiophene rings is 1. The zero-order chi connectivity index (χ0) is 39.8. The van der Waals surface area contributed by atoms with Crippen molar-refractivity contribution in [3.05, 3.63) is 193 Å². The van der Waals surface area contributed by atoms with Gasteiger partial charge in [-0.1, -0.05) is 18.2 Å². The molecular weight excluding hydrogens is 1010 g/mol. The van der Waals surface area contributed by atoms with E-state index in [1.807, 2.05) is 72.3 Å². The topological polar surface area (TPSA) is 25.8 Å². The van der Waals surface area contributed by atoms with Crippen molar-refractivity contribution in [2.75, 3.05) is 0 Å². The molecule has 2 nitrogen and oxygen atoms in total. The van der Waals surface area contributed by atoms with Crippen LogP contribution in [0.2, 0.25) is 34.5 Å². The van der Waals surface area contributed by atoms with Crippen molar-refractivity contribution in [2.24, 2.45) is 0 Å². The Bertz CT molecular complexity index is 2830. The fourth-order valence-corrected chi connectivity index (χ4v) is 14.0. The van der Waals surface area contributed by atoms with Crippen LogP contribution in [0.15, 0.2) is 164 Å². The molecular formula is C51H46Ge2IrN2S-2. The quantitative estimate of drug-likeness (QED) is 0.117. The first-order valence-electron chi connectivity index (χ1n) is 19.7. The Morgan fingerprint density at radius 1 is 0.614 bits per heavy atom. The zero-order valence-corrected chi connectivity index (χ0v) is 40.6. The molecule has 0 aliphatic rings. The van der Waals surface area contributed by atoms with Gasteiger partial charge in [-0.2, -0.15) is 0 Å². The third-order valence-corrected chi connectivity index (χ3v) is 19.9. The van der Waals surface area contributed by atoms with Gasteiger partial charge in [0.2, 0.25) is 0 Å². The van der Waals surface area contributed by atoms with Gasteiger partial charge >= 0.3 is 327 Å². The Kier molecular flexibility index (Phi) is 12.1. The van der Waals surface area contributed by atoms with Crippen LogP contribution in [0.1, 0.15) is 24.0 Å². The predicted octanol–water partition coefficient (Wildman–Crippen LogP) is 12.9. The SMILES string of the molecule is [2H]C(c1ccccc1)(c1ccnc(-c2[c-]c[c]([Ge]([CH3])([CH3])[CH3])c3c2sc2ccccc23)c1)c1ccc2ccccc2c1.[CH3][Ge]([CH3])([CH3])[c]1ccc(-c2[c-]cccc2)nc1.[Ir]. The van der Waals surface area contributed by atoms with Gasteiger partial charge in [0, 0.05) is 20.1 Å². The van der Waals surface area contributed by atoms with Gasteiger partial charge in [0.15, 0.2) is 0 Å². The van der Waals surface area contributed by atoms with Crippen LogP contribution in [-0.2, 0) is 20.1 Å². The van der Waals surface area contributed by atoms with E-state index in [-0.39, 0.29) is 20.1 Å². The minimum absolute atomic E-state index is 0. The van der Waals surface area contributed by atoms with Crippen LogP contribution in [-0.4, -0.2) is 36.5 Å². The van der Waals surface area contributed by atoms with E-state index in [0.717, 1.165) is 44.6 Å². The number of pyridine rings is 2. The van der Waals surface area contributed by atoms with E-state index < -0.39 is 32.4 Å². The molecule has 0 N–H and O–H groups in total. The summed E-state index contributed by atoms with van der Waals surface area (Å²) in [5.74, 6) is 13.4. The summed E-state index contributed by atoms with van der Waals surface area (Å²) in [5.41, 5.74) is 6.72. The molecule has 1 atom stereocenters. The number of benzene rings is 6. The normalized spacial score (nSPS) is 13.0. The van der Waals surface area contributed by atoms with Crippen LogP contribution in [0.25, 0.3) is 53.5 Å². The Labute approximate surface area is 361 Å². The molecule has 0 saturated heterocycles. The van der Waals surface area contributed by atoms with Crippen molar-refractivity contribution >= 4 is 77.6 Å². The molecule has 0 spiro atoms. The third kappa shape index (κ3) is 8.96. The van der Waals surface area contributed by atoms with Crippen LogP contribution >= 0.6 is 11.3 Å². The molecule has 6 heteroatoms. The fraction of sp³-hybridized carbons (Fsp3) is 0.137. The maximum atomic E-state index is 10.1. The number of fused-ring (bicyclic) bond motifs is 4. The van der Waals surface area contributed by atoms with Crippen molar-refractivity contribution in [1.29, 1.82) is 0 Å². The number of aromatic nitrogens is 2. The molecule has 0 amide bonds. The molecule has 3 aromatic heterocycles. The van der Waals surface area contributed by atoms with E-state index in [0.29, 0.717) is 0 Å². The summed E-state index contributed by atoms with van der Waals surface area (Å²) in [6, 6.07) is 59.2. The van der Waals surface area contributed by atoms with Crippen LogP contribution in [0.4, 0.5) is 0 Å². The largest absolute Gasteiger partial charge is 0 e. The second-order valence-electron chi connectivity index (χ2n) is 16.3. The van der Waals surface area contributed by atoms with Crippen LogP contribution in [0, 0.1) is 12.1 Å². The summed E-state index contributed by atoms with van der Waals surface area (Å²) in [6.45, 7) is 0. The maximum absolute atomic E-state index is 10.1. The van der Waals surface area contributed by atoms with Gasteiger partial charge in [0.05, 0.1) is 0 Å². The molecule has 0 aliphatic carbocycles. The van der Waals surface area contributed by atoms with E-state index in [2.05, 4.69) is 155 Å². The summed E-state index contributed by atoms with van der Waals surface area (Å²) in [4.78, 5) is 9.41. The molecule has 1 unspecified atom stereocenters. The minimum Gasteiger partial charge on any atom is 0 e.